The Balaban J connectivity index is 1.44. The van der Waals surface area contributed by atoms with E-state index in [1.54, 1.807) is 0 Å². The van der Waals surface area contributed by atoms with Crippen molar-refractivity contribution in [2.24, 2.45) is 5.41 Å². The Bertz CT molecular complexity index is 530. The third-order valence-electron chi connectivity index (χ3n) is 4.41. The van der Waals surface area contributed by atoms with Crippen LogP contribution in [0.15, 0.2) is 30.3 Å². The fourth-order valence-electron chi connectivity index (χ4n) is 3.20. The first-order valence-electron chi connectivity index (χ1n) is 6.86. The Morgan fingerprint density at radius 1 is 1.29 bits per heavy atom. The van der Waals surface area contributed by atoms with Crippen LogP contribution in [0.2, 0.25) is 0 Å². The summed E-state index contributed by atoms with van der Waals surface area (Å²) < 4.78 is 33.2. The Hall–Kier alpha value is -0.920. The summed E-state index contributed by atoms with van der Waals surface area (Å²) in [5.41, 5.74) is -0.0633. The minimum Gasteiger partial charge on any atom is -0.445 e. The molecule has 3 nitrogen and oxygen atoms in total. The van der Waals surface area contributed by atoms with Gasteiger partial charge in [0.25, 0.3) is 5.92 Å². The molecule has 0 spiro atoms. The van der Waals surface area contributed by atoms with Crippen molar-refractivity contribution in [2.45, 2.75) is 35.2 Å². The maximum atomic E-state index is 14.1. The molecule has 6 heteroatoms. The third-order valence-corrected chi connectivity index (χ3v) is 5.55. The van der Waals surface area contributed by atoms with Crippen LogP contribution in [-0.2, 0) is 11.3 Å². The van der Waals surface area contributed by atoms with Crippen LogP contribution in [0.4, 0.5) is 13.6 Å². The first-order valence-corrected chi connectivity index (χ1v) is 7.94. The molecule has 3 fully saturated rings. The van der Waals surface area contributed by atoms with Crippen LogP contribution in [-0.4, -0.2) is 22.0 Å². The van der Waals surface area contributed by atoms with Crippen LogP contribution in [0.5, 0.6) is 0 Å². The van der Waals surface area contributed by atoms with Gasteiger partial charge >= 0.3 is 6.09 Å². The molecule has 1 aromatic rings. The highest BCUT2D eigenvalue weighted by Gasteiger charge is 2.76. The van der Waals surface area contributed by atoms with E-state index in [9.17, 15) is 13.6 Å². The van der Waals surface area contributed by atoms with E-state index in [-0.39, 0.29) is 10.0 Å². The summed E-state index contributed by atoms with van der Waals surface area (Å²) in [5.74, 6) is -2.86. The third kappa shape index (κ3) is 2.74. The van der Waals surface area contributed by atoms with Gasteiger partial charge in [-0.15, -0.1) is 0 Å². The van der Waals surface area contributed by atoms with E-state index in [0.717, 1.165) is 5.56 Å². The standard InChI is InChI=1S/C15H16F2INO2/c16-15(17,13-7-14(18,8-13)9-13)10-19-12(20)21-6-11-4-2-1-3-5-11/h1-5H,6-10H2,(H,19,20). The van der Waals surface area contributed by atoms with Gasteiger partial charge in [0.05, 0.1) is 6.54 Å². The van der Waals surface area contributed by atoms with Crippen LogP contribution in [0.25, 0.3) is 0 Å². The van der Waals surface area contributed by atoms with Crippen molar-refractivity contribution in [2.75, 3.05) is 6.54 Å². The maximum absolute atomic E-state index is 14.1. The number of alkyl halides is 3. The SMILES string of the molecule is O=C(NCC(F)(F)C12CC(I)(C1)C2)OCc1ccccc1. The van der Waals surface area contributed by atoms with Crippen molar-refractivity contribution in [3.05, 3.63) is 35.9 Å². The molecule has 0 aliphatic heterocycles. The van der Waals surface area contributed by atoms with E-state index in [0.29, 0.717) is 19.3 Å². The fourth-order valence-corrected chi connectivity index (χ4v) is 5.39. The van der Waals surface area contributed by atoms with Crippen LogP contribution in [0.1, 0.15) is 24.8 Å². The lowest BCUT2D eigenvalue weighted by molar-refractivity contribution is -0.238. The highest BCUT2D eigenvalue weighted by molar-refractivity contribution is 14.1. The molecule has 0 aromatic heterocycles. The van der Waals surface area contributed by atoms with Crippen LogP contribution in [0.3, 0.4) is 0 Å². The second-order valence-corrected chi connectivity index (χ2v) is 8.37. The maximum Gasteiger partial charge on any atom is 0.407 e. The number of nitrogens with one attached hydrogen (secondary N) is 1. The number of alkyl carbamates (subject to hydrolysis) is 1. The molecule has 0 heterocycles. The Kier molecular flexibility index (Phi) is 3.62. The summed E-state index contributed by atoms with van der Waals surface area (Å²) in [6, 6.07) is 9.13. The van der Waals surface area contributed by atoms with Gasteiger partial charge < -0.3 is 10.1 Å². The smallest absolute Gasteiger partial charge is 0.407 e. The summed E-state index contributed by atoms with van der Waals surface area (Å²) in [6.07, 6.45) is 0.853. The summed E-state index contributed by atoms with van der Waals surface area (Å²) in [6.45, 7) is -0.562. The topological polar surface area (TPSA) is 38.3 Å². The number of carbonyl (C=O) groups is 1. The molecule has 0 radical (unpaired) electrons. The number of ether oxygens (including phenoxy) is 1. The van der Waals surface area contributed by atoms with E-state index in [2.05, 4.69) is 27.9 Å². The monoisotopic (exact) mass is 407 g/mol. The zero-order valence-corrected chi connectivity index (χ0v) is 13.5. The van der Waals surface area contributed by atoms with E-state index in [1.807, 2.05) is 30.3 Å². The number of amides is 1. The first kappa shape index (κ1) is 15.0. The fraction of sp³-hybridized carbons (Fsp3) is 0.533. The second-order valence-electron chi connectivity index (χ2n) is 6.08. The van der Waals surface area contributed by atoms with Gasteiger partial charge in [0.15, 0.2) is 0 Å². The Morgan fingerprint density at radius 2 is 1.90 bits per heavy atom. The van der Waals surface area contributed by atoms with Gasteiger partial charge in [-0.25, -0.2) is 13.6 Å². The van der Waals surface area contributed by atoms with E-state index >= 15 is 0 Å². The highest BCUT2D eigenvalue weighted by atomic mass is 127. The molecule has 21 heavy (non-hydrogen) atoms. The molecule has 0 atom stereocenters. The normalized spacial score (nSPS) is 30.0. The first-order chi connectivity index (χ1) is 9.84. The van der Waals surface area contributed by atoms with Gasteiger partial charge in [-0.3, -0.25) is 0 Å². The average Bonchev–Trinajstić information content (AvgIpc) is 2.39. The number of hydrogen-bond donors (Lipinski definition) is 1. The van der Waals surface area contributed by atoms with Gasteiger partial charge in [0.2, 0.25) is 0 Å². The number of carbonyl (C=O) groups excluding carboxylic acids is 1. The molecular weight excluding hydrogens is 391 g/mol. The lowest BCUT2D eigenvalue weighted by Crippen LogP contribution is -2.72. The number of rotatable bonds is 5. The molecule has 2 bridgehead atoms. The van der Waals surface area contributed by atoms with Gasteiger partial charge in [-0.2, -0.15) is 0 Å². The lowest BCUT2D eigenvalue weighted by Gasteiger charge is -2.70. The number of hydrogen-bond acceptors (Lipinski definition) is 2. The van der Waals surface area contributed by atoms with Crippen LogP contribution < -0.4 is 5.32 Å². The van der Waals surface area contributed by atoms with Gasteiger partial charge in [0, 0.05) is 8.84 Å². The molecule has 3 aliphatic rings. The van der Waals surface area contributed by atoms with Gasteiger partial charge in [-0.05, 0) is 24.8 Å². The molecule has 0 saturated heterocycles. The quantitative estimate of drug-likeness (QED) is 0.594. The largest absolute Gasteiger partial charge is 0.445 e. The lowest BCUT2D eigenvalue weighted by atomic mass is 9.42. The molecule has 1 N–H and O–H groups in total. The zero-order chi connectivity index (χ0) is 15.1. The predicted octanol–water partition coefficient (Wildman–Crippen LogP) is 3.91. The minimum absolute atomic E-state index is 0.0836. The van der Waals surface area contributed by atoms with E-state index < -0.39 is 24.0 Å². The summed E-state index contributed by atoms with van der Waals surface area (Å²) in [4.78, 5) is 11.5. The predicted molar refractivity (Wildman–Crippen MR) is 82.6 cm³/mol. The number of halogens is 3. The van der Waals surface area contributed by atoms with E-state index in [1.165, 1.54) is 0 Å². The van der Waals surface area contributed by atoms with E-state index in [4.69, 9.17) is 4.74 Å². The van der Waals surface area contributed by atoms with Crippen molar-refractivity contribution < 1.29 is 18.3 Å². The van der Waals surface area contributed by atoms with Gasteiger partial charge in [-0.1, -0.05) is 52.9 Å². The van der Waals surface area contributed by atoms with Gasteiger partial charge in [0.1, 0.15) is 6.61 Å². The summed E-state index contributed by atoms with van der Waals surface area (Å²) >= 11 is 2.26. The van der Waals surface area contributed by atoms with Crippen LogP contribution >= 0.6 is 22.6 Å². The second kappa shape index (κ2) is 5.07. The molecule has 1 aromatic carbocycles. The molecular formula is C15H16F2INO2. The molecule has 0 unspecified atom stereocenters. The van der Waals surface area contributed by atoms with Crippen molar-refractivity contribution in [1.82, 2.24) is 5.32 Å². The van der Waals surface area contributed by atoms with Crippen molar-refractivity contribution in [1.29, 1.82) is 0 Å². The van der Waals surface area contributed by atoms with Crippen molar-refractivity contribution in [3.63, 3.8) is 0 Å². The highest BCUT2D eigenvalue weighted by Crippen LogP contribution is 2.76. The van der Waals surface area contributed by atoms with Crippen molar-refractivity contribution in [3.8, 4) is 0 Å². The molecule has 3 aliphatic carbocycles. The Labute approximate surface area is 135 Å². The zero-order valence-electron chi connectivity index (χ0n) is 11.4. The Morgan fingerprint density at radius 3 is 2.48 bits per heavy atom. The molecule has 1 amide bonds. The minimum atomic E-state index is -2.86. The molecule has 3 saturated carbocycles. The van der Waals surface area contributed by atoms with Crippen molar-refractivity contribution >= 4 is 28.7 Å². The molecule has 114 valence electrons. The van der Waals surface area contributed by atoms with Crippen LogP contribution in [0, 0.1) is 5.41 Å². The summed E-state index contributed by atoms with van der Waals surface area (Å²) in [7, 11) is 0. The number of benzene rings is 1. The molecule has 4 rings (SSSR count). The average molecular weight is 407 g/mol. The summed E-state index contributed by atoms with van der Waals surface area (Å²) in [5, 5.41) is 2.19.